The van der Waals surface area contributed by atoms with E-state index in [0.29, 0.717) is 22.3 Å². The van der Waals surface area contributed by atoms with Crippen LogP contribution in [0, 0.1) is 0 Å². The van der Waals surface area contributed by atoms with Gasteiger partial charge in [0.1, 0.15) is 5.75 Å². The zero-order chi connectivity index (χ0) is 15.5. The number of anilines is 1. The van der Waals surface area contributed by atoms with Gasteiger partial charge in [-0.3, -0.25) is 10.1 Å². The number of methoxy groups -OCH3 is 1. The number of halogens is 1. The Kier molecular flexibility index (Phi) is 4.51. The fourth-order valence-corrected chi connectivity index (χ4v) is 3.68. The summed E-state index contributed by atoms with van der Waals surface area (Å²) < 4.78 is 10.3. The minimum Gasteiger partial charge on any atom is -0.497 e. The average Bonchev–Trinajstić information content (AvgIpc) is 3.16. The Morgan fingerprint density at radius 1 is 1.23 bits per heavy atom. The third kappa shape index (κ3) is 3.34. The molecule has 0 atom stereocenters. The van der Waals surface area contributed by atoms with Crippen LogP contribution in [0.2, 0.25) is 0 Å². The van der Waals surface area contributed by atoms with Gasteiger partial charge in [0, 0.05) is 17.1 Å². The fourth-order valence-electron chi connectivity index (χ4n) is 1.72. The van der Waals surface area contributed by atoms with Gasteiger partial charge in [-0.05, 0) is 52.3 Å². The first-order valence-electron chi connectivity index (χ1n) is 6.20. The number of nitrogens with one attached hydrogen (secondary N) is 1. The van der Waals surface area contributed by atoms with Crippen molar-refractivity contribution in [2.24, 2.45) is 0 Å². The number of thiophene rings is 1. The molecule has 1 amide bonds. The van der Waals surface area contributed by atoms with E-state index in [0.717, 1.165) is 20.2 Å². The van der Waals surface area contributed by atoms with Crippen molar-refractivity contribution in [1.82, 2.24) is 9.36 Å². The van der Waals surface area contributed by atoms with E-state index in [2.05, 4.69) is 30.6 Å². The number of benzene rings is 1. The van der Waals surface area contributed by atoms with Crippen LogP contribution in [-0.4, -0.2) is 22.4 Å². The van der Waals surface area contributed by atoms with Crippen molar-refractivity contribution >= 4 is 49.8 Å². The van der Waals surface area contributed by atoms with Crippen LogP contribution in [-0.2, 0) is 0 Å². The maximum absolute atomic E-state index is 12.1. The molecule has 0 saturated carbocycles. The Balaban J connectivity index is 1.72. The van der Waals surface area contributed by atoms with Gasteiger partial charge in [0.2, 0.25) is 5.13 Å². The summed E-state index contributed by atoms with van der Waals surface area (Å²) in [6.07, 6.45) is 0. The molecule has 0 fully saturated rings. The summed E-state index contributed by atoms with van der Waals surface area (Å²) in [7, 11) is 1.58. The molecule has 0 aliphatic heterocycles. The van der Waals surface area contributed by atoms with Crippen LogP contribution in [0.25, 0.3) is 10.7 Å². The normalized spacial score (nSPS) is 10.5. The third-order valence-electron chi connectivity index (χ3n) is 2.79. The maximum atomic E-state index is 12.1. The fraction of sp³-hybridized carbons (Fsp3) is 0.0714. The number of carbonyl (C=O) groups is 1. The molecule has 5 nitrogen and oxygen atoms in total. The number of carbonyl (C=O) groups excluding carboxylic acids is 1. The molecule has 0 radical (unpaired) electrons. The lowest BCUT2D eigenvalue weighted by Crippen LogP contribution is -2.11. The summed E-state index contributed by atoms with van der Waals surface area (Å²) in [6, 6.07) is 10.8. The lowest BCUT2D eigenvalue weighted by Gasteiger charge is -2.02. The molecule has 2 heterocycles. The summed E-state index contributed by atoms with van der Waals surface area (Å²) in [5.74, 6) is 1.10. The van der Waals surface area contributed by atoms with Gasteiger partial charge in [0.15, 0.2) is 5.82 Å². The Morgan fingerprint density at radius 3 is 2.64 bits per heavy atom. The number of amides is 1. The van der Waals surface area contributed by atoms with E-state index in [1.54, 1.807) is 42.7 Å². The van der Waals surface area contributed by atoms with E-state index in [-0.39, 0.29) is 5.91 Å². The number of rotatable bonds is 4. The molecule has 0 aliphatic carbocycles. The van der Waals surface area contributed by atoms with Crippen molar-refractivity contribution in [3.63, 3.8) is 0 Å². The van der Waals surface area contributed by atoms with Crippen molar-refractivity contribution < 1.29 is 9.53 Å². The minimum absolute atomic E-state index is 0.224. The van der Waals surface area contributed by atoms with Gasteiger partial charge in [0.25, 0.3) is 5.91 Å². The van der Waals surface area contributed by atoms with Crippen molar-refractivity contribution in [1.29, 1.82) is 0 Å². The highest BCUT2D eigenvalue weighted by atomic mass is 79.9. The average molecular weight is 396 g/mol. The van der Waals surface area contributed by atoms with Crippen LogP contribution in [0.15, 0.2) is 40.2 Å². The van der Waals surface area contributed by atoms with Gasteiger partial charge in [-0.1, -0.05) is 0 Å². The predicted octanol–water partition coefficient (Wildman–Crippen LogP) is 4.29. The van der Waals surface area contributed by atoms with Gasteiger partial charge in [-0.25, -0.2) is 0 Å². The number of hydrogen-bond donors (Lipinski definition) is 1. The second kappa shape index (κ2) is 6.55. The lowest BCUT2D eigenvalue weighted by atomic mass is 10.2. The van der Waals surface area contributed by atoms with Crippen molar-refractivity contribution in [2.75, 3.05) is 12.4 Å². The Bertz CT molecular complexity index is 799. The van der Waals surface area contributed by atoms with Gasteiger partial charge >= 0.3 is 0 Å². The molecule has 0 saturated heterocycles. The van der Waals surface area contributed by atoms with Crippen molar-refractivity contribution in [3.05, 3.63) is 45.7 Å². The number of aromatic nitrogens is 2. The standard InChI is InChI=1S/C14H10BrN3O2S2/c1-20-9-4-2-8(3-5-9)13(19)17-14-16-12(18-22-14)10-6-7-11(15)21-10/h2-7H,1H3,(H,16,17,18,19). The van der Waals surface area contributed by atoms with E-state index in [1.807, 2.05) is 12.1 Å². The summed E-state index contributed by atoms with van der Waals surface area (Å²) in [6.45, 7) is 0. The van der Waals surface area contributed by atoms with E-state index in [1.165, 1.54) is 0 Å². The Morgan fingerprint density at radius 2 is 2.00 bits per heavy atom. The molecule has 0 bridgehead atoms. The topological polar surface area (TPSA) is 64.1 Å². The molecule has 1 aromatic carbocycles. The molecule has 0 spiro atoms. The SMILES string of the molecule is COc1ccc(C(=O)Nc2nc(-c3ccc(Br)s3)ns2)cc1. The molecule has 1 N–H and O–H groups in total. The van der Waals surface area contributed by atoms with Gasteiger partial charge in [0.05, 0.1) is 15.8 Å². The largest absolute Gasteiger partial charge is 0.497 e. The van der Waals surface area contributed by atoms with Crippen molar-refractivity contribution in [2.45, 2.75) is 0 Å². The van der Waals surface area contributed by atoms with E-state index in [4.69, 9.17) is 4.74 Å². The van der Waals surface area contributed by atoms with Crippen LogP contribution in [0.5, 0.6) is 5.75 Å². The molecular formula is C14H10BrN3O2S2. The Labute approximate surface area is 143 Å². The van der Waals surface area contributed by atoms with Crippen molar-refractivity contribution in [3.8, 4) is 16.5 Å². The molecule has 3 aromatic rings. The molecule has 22 heavy (non-hydrogen) atoms. The second-order valence-corrected chi connectivity index (χ2v) is 7.42. The van der Waals surface area contributed by atoms with Crippen LogP contribution in [0.1, 0.15) is 10.4 Å². The number of hydrogen-bond acceptors (Lipinski definition) is 6. The van der Waals surface area contributed by atoms with Gasteiger partial charge in [-0.2, -0.15) is 9.36 Å². The zero-order valence-electron chi connectivity index (χ0n) is 11.4. The molecule has 8 heteroatoms. The number of ether oxygens (including phenoxy) is 1. The summed E-state index contributed by atoms with van der Waals surface area (Å²) in [5, 5.41) is 3.22. The molecule has 0 aliphatic rings. The highest BCUT2D eigenvalue weighted by Crippen LogP contribution is 2.31. The van der Waals surface area contributed by atoms with Crippen LogP contribution >= 0.6 is 38.8 Å². The van der Waals surface area contributed by atoms with E-state index in [9.17, 15) is 4.79 Å². The first kappa shape index (κ1) is 15.1. The smallest absolute Gasteiger partial charge is 0.257 e. The Hall–Kier alpha value is -1.77. The van der Waals surface area contributed by atoms with E-state index < -0.39 is 0 Å². The summed E-state index contributed by atoms with van der Waals surface area (Å²) >= 11 is 6.11. The monoisotopic (exact) mass is 395 g/mol. The molecule has 0 unspecified atom stereocenters. The van der Waals surface area contributed by atoms with Crippen LogP contribution < -0.4 is 10.1 Å². The molecular weight excluding hydrogens is 386 g/mol. The van der Waals surface area contributed by atoms with E-state index >= 15 is 0 Å². The molecule has 112 valence electrons. The van der Waals surface area contributed by atoms with Crippen LogP contribution in [0.4, 0.5) is 5.13 Å². The molecule has 3 rings (SSSR count). The zero-order valence-corrected chi connectivity index (χ0v) is 14.6. The summed E-state index contributed by atoms with van der Waals surface area (Å²) in [4.78, 5) is 17.4. The predicted molar refractivity (Wildman–Crippen MR) is 91.9 cm³/mol. The second-order valence-electron chi connectivity index (χ2n) is 4.21. The lowest BCUT2D eigenvalue weighted by molar-refractivity contribution is 0.102. The van der Waals surface area contributed by atoms with Gasteiger partial charge < -0.3 is 4.74 Å². The highest BCUT2D eigenvalue weighted by Gasteiger charge is 2.12. The number of nitrogens with zero attached hydrogens (tertiary/aromatic N) is 2. The maximum Gasteiger partial charge on any atom is 0.257 e. The minimum atomic E-state index is -0.224. The summed E-state index contributed by atoms with van der Waals surface area (Å²) in [5.41, 5.74) is 0.538. The van der Waals surface area contributed by atoms with Crippen LogP contribution in [0.3, 0.4) is 0 Å². The third-order valence-corrected chi connectivity index (χ3v) is 5.04. The molecule has 2 aromatic heterocycles. The first-order valence-corrected chi connectivity index (χ1v) is 8.59. The van der Waals surface area contributed by atoms with Gasteiger partial charge in [-0.15, -0.1) is 11.3 Å². The first-order chi connectivity index (χ1) is 10.7. The quantitative estimate of drug-likeness (QED) is 0.715. The highest BCUT2D eigenvalue weighted by molar-refractivity contribution is 9.11.